The van der Waals surface area contributed by atoms with Crippen LogP contribution in [0.3, 0.4) is 0 Å². The predicted molar refractivity (Wildman–Crippen MR) is 80.7 cm³/mol. The Morgan fingerprint density at radius 3 is 2.57 bits per heavy atom. The van der Waals surface area contributed by atoms with Gasteiger partial charge in [0.15, 0.2) is 0 Å². The Morgan fingerprint density at radius 2 is 1.81 bits per heavy atom. The highest BCUT2D eigenvalue weighted by molar-refractivity contribution is 5.91. The van der Waals surface area contributed by atoms with Crippen molar-refractivity contribution < 1.29 is 9.90 Å². The second kappa shape index (κ2) is 5.25. The van der Waals surface area contributed by atoms with E-state index in [0.717, 1.165) is 16.7 Å². The van der Waals surface area contributed by atoms with Gasteiger partial charge in [-0.05, 0) is 30.2 Å². The average molecular weight is 278 g/mol. The number of carbonyl (C=O) groups is 1. The zero-order chi connectivity index (χ0) is 14.8. The first-order valence-corrected chi connectivity index (χ1v) is 6.60. The van der Waals surface area contributed by atoms with Gasteiger partial charge >= 0.3 is 5.97 Å². The van der Waals surface area contributed by atoms with E-state index in [-0.39, 0.29) is 5.56 Å². The van der Waals surface area contributed by atoms with Crippen molar-refractivity contribution in [3.05, 3.63) is 72.1 Å². The van der Waals surface area contributed by atoms with Gasteiger partial charge in [-0.1, -0.05) is 36.4 Å². The number of aromatic carboxylic acids is 1. The zero-order valence-electron chi connectivity index (χ0n) is 11.5. The first-order chi connectivity index (χ1) is 10.2. The minimum atomic E-state index is -0.960. The first-order valence-electron chi connectivity index (χ1n) is 6.60. The van der Waals surface area contributed by atoms with Crippen molar-refractivity contribution in [2.24, 2.45) is 0 Å². The summed E-state index contributed by atoms with van der Waals surface area (Å²) in [4.78, 5) is 11.3. The fourth-order valence-electron chi connectivity index (χ4n) is 2.34. The third-order valence-electron chi connectivity index (χ3n) is 3.42. The summed E-state index contributed by atoms with van der Waals surface area (Å²) in [5.41, 5.74) is 4.01. The van der Waals surface area contributed by atoms with Gasteiger partial charge in [-0.3, -0.25) is 0 Å². The van der Waals surface area contributed by atoms with Crippen molar-refractivity contribution in [3.8, 4) is 16.8 Å². The van der Waals surface area contributed by atoms with Crippen LogP contribution in [-0.4, -0.2) is 20.9 Å². The molecule has 0 fully saturated rings. The molecule has 1 aromatic heterocycles. The molecule has 0 aliphatic rings. The Kier molecular flexibility index (Phi) is 3.28. The van der Waals surface area contributed by atoms with Crippen LogP contribution in [0.1, 0.15) is 15.9 Å². The van der Waals surface area contributed by atoms with Gasteiger partial charge < -0.3 is 5.11 Å². The van der Waals surface area contributed by atoms with E-state index in [1.54, 1.807) is 35.1 Å². The van der Waals surface area contributed by atoms with E-state index in [1.165, 1.54) is 0 Å². The van der Waals surface area contributed by atoms with Crippen molar-refractivity contribution in [2.45, 2.75) is 6.92 Å². The van der Waals surface area contributed by atoms with Crippen LogP contribution in [0.15, 0.2) is 60.9 Å². The fraction of sp³-hybridized carbons (Fsp3) is 0.0588. The lowest BCUT2D eigenvalue weighted by atomic mass is 10.0. The topological polar surface area (TPSA) is 55.1 Å². The second-order valence-corrected chi connectivity index (χ2v) is 4.81. The molecule has 0 aliphatic heterocycles. The molecule has 0 spiro atoms. The average Bonchev–Trinajstić information content (AvgIpc) is 2.97. The van der Waals surface area contributed by atoms with E-state index in [4.69, 9.17) is 0 Å². The van der Waals surface area contributed by atoms with Gasteiger partial charge in [0.1, 0.15) is 0 Å². The molecule has 2 aromatic carbocycles. The minimum absolute atomic E-state index is 0.233. The van der Waals surface area contributed by atoms with Crippen molar-refractivity contribution in [1.82, 2.24) is 9.78 Å². The number of rotatable bonds is 3. The smallest absolute Gasteiger partial charge is 0.337 e. The molecule has 0 saturated carbocycles. The molecule has 4 nitrogen and oxygen atoms in total. The number of para-hydroxylation sites is 1. The number of benzene rings is 2. The number of aryl methyl sites for hydroxylation is 1. The van der Waals surface area contributed by atoms with Crippen LogP contribution in [0.5, 0.6) is 0 Å². The third kappa shape index (κ3) is 2.43. The van der Waals surface area contributed by atoms with Crippen LogP contribution >= 0.6 is 0 Å². The normalized spacial score (nSPS) is 10.5. The highest BCUT2D eigenvalue weighted by Gasteiger charge is 2.12. The Morgan fingerprint density at radius 1 is 1.10 bits per heavy atom. The van der Waals surface area contributed by atoms with Gasteiger partial charge in [-0.15, -0.1) is 0 Å². The first kappa shape index (κ1) is 13.1. The van der Waals surface area contributed by atoms with Crippen molar-refractivity contribution in [3.63, 3.8) is 0 Å². The molecule has 1 heterocycles. The minimum Gasteiger partial charge on any atom is -0.478 e. The van der Waals surface area contributed by atoms with Gasteiger partial charge in [0, 0.05) is 11.8 Å². The molecule has 1 N–H and O–H groups in total. The summed E-state index contributed by atoms with van der Waals surface area (Å²) in [6.07, 6.45) is 3.60. The van der Waals surface area contributed by atoms with E-state index in [0.29, 0.717) is 5.69 Å². The predicted octanol–water partition coefficient (Wildman–Crippen LogP) is 3.55. The largest absolute Gasteiger partial charge is 0.478 e. The number of hydrogen-bond donors (Lipinski definition) is 1. The van der Waals surface area contributed by atoms with Crippen LogP contribution < -0.4 is 0 Å². The molecule has 0 radical (unpaired) electrons. The Balaban J connectivity index is 2.08. The fourth-order valence-corrected chi connectivity index (χ4v) is 2.34. The van der Waals surface area contributed by atoms with Gasteiger partial charge in [0.05, 0.1) is 17.4 Å². The molecule has 0 amide bonds. The molecular weight excluding hydrogens is 264 g/mol. The van der Waals surface area contributed by atoms with E-state index in [2.05, 4.69) is 5.10 Å². The van der Waals surface area contributed by atoms with Gasteiger partial charge in [0.25, 0.3) is 0 Å². The number of hydrogen-bond acceptors (Lipinski definition) is 2. The van der Waals surface area contributed by atoms with E-state index in [9.17, 15) is 9.90 Å². The lowest BCUT2D eigenvalue weighted by Gasteiger charge is -2.05. The summed E-state index contributed by atoms with van der Waals surface area (Å²) < 4.78 is 1.60. The molecule has 4 heteroatoms. The van der Waals surface area contributed by atoms with E-state index in [1.807, 2.05) is 37.4 Å². The molecule has 0 atom stereocenters. The van der Waals surface area contributed by atoms with Crippen molar-refractivity contribution in [2.75, 3.05) is 0 Å². The molecule has 0 bridgehead atoms. The SMILES string of the molecule is Cc1ccccc1-c1cnn(-c2ccccc2C(=O)O)c1. The molecule has 0 unspecified atom stereocenters. The summed E-state index contributed by atoms with van der Waals surface area (Å²) in [5, 5.41) is 13.6. The number of nitrogens with zero attached hydrogens (tertiary/aromatic N) is 2. The van der Waals surface area contributed by atoms with Gasteiger partial charge in [-0.2, -0.15) is 5.10 Å². The molecule has 3 rings (SSSR count). The van der Waals surface area contributed by atoms with E-state index >= 15 is 0 Å². The quantitative estimate of drug-likeness (QED) is 0.797. The van der Waals surface area contributed by atoms with Crippen molar-refractivity contribution >= 4 is 5.97 Å². The highest BCUT2D eigenvalue weighted by atomic mass is 16.4. The van der Waals surface area contributed by atoms with Crippen LogP contribution in [0.25, 0.3) is 16.8 Å². The summed E-state index contributed by atoms with van der Waals surface area (Å²) in [5.74, 6) is -0.960. The van der Waals surface area contributed by atoms with Crippen LogP contribution in [0, 0.1) is 6.92 Å². The van der Waals surface area contributed by atoms with Gasteiger partial charge in [0.2, 0.25) is 0 Å². The van der Waals surface area contributed by atoms with E-state index < -0.39 is 5.97 Å². The summed E-state index contributed by atoms with van der Waals surface area (Å²) >= 11 is 0. The number of aromatic nitrogens is 2. The second-order valence-electron chi connectivity index (χ2n) is 4.81. The molecule has 21 heavy (non-hydrogen) atoms. The van der Waals surface area contributed by atoms with Gasteiger partial charge in [-0.25, -0.2) is 9.48 Å². The summed E-state index contributed by atoms with van der Waals surface area (Å²) in [6.45, 7) is 2.04. The Hall–Kier alpha value is -2.88. The summed E-state index contributed by atoms with van der Waals surface area (Å²) in [7, 11) is 0. The summed E-state index contributed by atoms with van der Waals surface area (Å²) in [6, 6.07) is 14.9. The molecule has 104 valence electrons. The zero-order valence-corrected chi connectivity index (χ0v) is 11.5. The molecule has 0 saturated heterocycles. The number of carboxylic acid groups (broad SMARTS) is 1. The molecule has 3 aromatic rings. The van der Waals surface area contributed by atoms with Crippen LogP contribution in [0.2, 0.25) is 0 Å². The molecular formula is C17H14N2O2. The molecule has 0 aliphatic carbocycles. The van der Waals surface area contributed by atoms with Crippen LogP contribution in [0.4, 0.5) is 0 Å². The lowest BCUT2D eigenvalue weighted by Crippen LogP contribution is -2.05. The van der Waals surface area contributed by atoms with Crippen molar-refractivity contribution in [1.29, 1.82) is 0 Å². The maximum atomic E-state index is 11.3. The highest BCUT2D eigenvalue weighted by Crippen LogP contribution is 2.24. The maximum absolute atomic E-state index is 11.3. The monoisotopic (exact) mass is 278 g/mol. The Labute approximate surface area is 122 Å². The number of carboxylic acids is 1. The lowest BCUT2D eigenvalue weighted by molar-refractivity contribution is 0.0696. The van der Waals surface area contributed by atoms with Crippen LogP contribution in [-0.2, 0) is 0 Å². The maximum Gasteiger partial charge on any atom is 0.337 e. The Bertz CT molecular complexity index is 806. The standard InChI is InChI=1S/C17H14N2O2/c1-12-6-2-3-7-14(12)13-10-18-19(11-13)16-9-5-4-8-15(16)17(20)21/h2-11H,1H3,(H,20,21). The third-order valence-corrected chi connectivity index (χ3v) is 3.42.